The maximum atomic E-state index is 5.65. The van der Waals surface area contributed by atoms with E-state index < -0.39 is 0 Å². The molecule has 0 unspecified atom stereocenters. The van der Waals surface area contributed by atoms with Crippen LogP contribution in [0.4, 0.5) is 0 Å². The molecule has 0 saturated carbocycles. The summed E-state index contributed by atoms with van der Waals surface area (Å²) in [5.41, 5.74) is 15.3. The fraction of sp³-hybridized carbons (Fsp3) is 0. The molecule has 6 heterocycles. The molecule has 0 aliphatic heterocycles. The highest BCUT2D eigenvalue weighted by atomic mass is 32.1. The van der Waals surface area contributed by atoms with Gasteiger partial charge < -0.3 is 0 Å². The van der Waals surface area contributed by atoms with Crippen molar-refractivity contribution in [3.05, 3.63) is 182 Å². The first-order valence-corrected chi connectivity index (χ1v) is 23.1. The minimum Gasteiger partial charge on any atom is -0.240 e. The van der Waals surface area contributed by atoms with Crippen molar-refractivity contribution in [1.82, 2.24) is 29.9 Å². The van der Waals surface area contributed by atoms with E-state index in [1.807, 2.05) is 36.4 Å². The van der Waals surface area contributed by atoms with Gasteiger partial charge in [-0.1, -0.05) is 182 Å². The maximum Gasteiger partial charge on any atom is 0.120 e. The molecule has 0 fully saturated rings. The van der Waals surface area contributed by atoms with Crippen LogP contribution in [0.15, 0.2) is 182 Å². The average molecular weight is 859 g/mol. The second-order valence-corrected chi connectivity index (χ2v) is 18.4. The van der Waals surface area contributed by atoms with E-state index in [4.69, 9.17) is 29.9 Å². The second-order valence-electron chi connectivity index (χ2n) is 15.3. The molecule has 0 atom stereocenters. The van der Waals surface area contributed by atoms with Crippen LogP contribution in [0.25, 0.3) is 129 Å². The number of thiophene rings is 3. The zero-order valence-corrected chi connectivity index (χ0v) is 35.7. The first-order valence-electron chi connectivity index (χ1n) is 20.6. The highest BCUT2D eigenvalue weighted by Crippen LogP contribution is 2.49. The average Bonchev–Trinajstić information content (AvgIpc) is 4.06. The van der Waals surface area contributed by atoms with E-state index in [0.29, 0.717) is 33.1 Å². The standard InChI is InChI=1S/C54H30N6S3/c1-7-19-31(20-8-1)49-43-44(50(61-49)32-21-9-2-10-22-32)56-38-37(55-43)39-41(59-46-45(57-39)51(33-23-11-3-12-24-33)62-52(46)34-25-13-4-14-26-34)42-40(38)58-47-48(60-42)54(36-29-17-6-18-30-36)63-53(47)35-27-15-5-16-28-35/h1-30H. The summed E-state index contributed by atoms with van der Waals surface area (Å²) < 4.78 is 0. The summed E-state index contributed by atoms with van der Waals surface area (Å²) in [5.74, 6) is 0. The molecule has 6 nitrogen and oxygen atoms in total. The van der Waals surface area contributed by atoms with Gasteiger partial charge in [0.05, 0.1) is 29.3 Å². The molecule has 13 aromatic rings. The highest BCUT2D eigenvalue weighted by Gasteiger charge is 2.27. The Kier molecular flexibility index (Phi) is 8.33. The zero-order valence-electron chi connectivity index (χ0n) is 33.2. The monoisotopic (exact) mass is 858 g/mol. The van der Waals surface area contributed by atoms with Crippen LogP contribution in [0, 0.1) is 0 Å². The van der Waals surface area contributed by atoms with Gasteiger partial charge in [0.25, 0.3) is 0 Å². The highest BCUT2D eigenvalue weighted by molar-refractivity contribution is 7.21. The molecule has 9 heteroatoms. The van der Waals surface area contributed by atoms with E-state index in [9.17, 15) is 0 Å². The minimum absolute atomic E-state index is 0.647. The lowest BCUT2D eigenvalue weighted by atomic mass is 10.1. The van der Waals surface area contributed by atoms with Crippen LogP contribution in [0.5, 0.6) is 0 Å². The van der Waals surface area contributed by atoms with Crippen molar-refractivity contribution in [2.75, 3.05) is 0 Å². The molecule has 0 N–H and O–H groups in total. The van der Waals surface area contributed by atoms with Gasteiger partial charge in [-0.05, 0) is 33.4 Å². The van der Waals surface area contributed by atoms with Crippen molar-refractivity contribution >= 4 is 100 Å². The van der Waals surface area contributed by atoms with Crippen molar-refractivity contribution < 1.29 is 0 Å². The Bertz CT molecular complexity index is 3190. The molecule has 13 rings (SSSR count). The Morgan fingerprint density at radius 1 is 0.175 bits per heavy atom. The van der Waals surface area contributed by atoms with E-state index in [1.165, 1.54) is 0 Å². The van der Waals surface area contributed by atoms with Crippen molar-refractivity contribution in [2.24, 2.45) is 0 Å². The molecule has 0 bridgehead atoms. The molecular formula is C54H30N6S3. The quantitative estimate of drug-likeness (QED) is 0.155. The third-order valence-electron chi connectivity index (χ3n) is 11.5. The number of hydrogen-bond donors (Lipinski definition) is 0. The van der Waals surface area contributed by atoms with Gasteiger partial charge in [-0.15, -0.1) is 34.0 Å². The summed E-state index contributed by atoms with van der Waals surface area (Å²) in [4.78, 5) is 40.2. The van der Waals surface area contributed by atoms with Gasteiger partial charge >= 0.3 is 0 Å². The van der Waals surface area contributed by atoms with Crippen molar-refractivity contribution in [1.29, 1.82) is 0 Å². The Hall–Kier alpha value is -7.56. The first-order chi connectivity index (χ1) is 31.2. The number of hydrogen-bond acceptors (Lipinski definition) is 9. The summed E-state index contributed by atoms with van der Waals surface area (Å²) in [6.45, 7) is 0. The molecule has 0 saturated heterocycles. The number of benzene rings is 7. The SMILES string of the molecule is c1ccc(-c2sc(-c3ccccc3)c3nc4c(nc23)c2nc3c(-c5ccccc5)sc(-c5ccccc5)c3nc2c2nc3c(-c5ccccc5)sc(-c5ccccc5)c3nc42)cc1. The minimum atomic E-state index is 0.647. The molecule has 7 aromatic carbocycles. The Morgan fingerprint density at radius 2 is 0.317 bits per heavy atom. The number of rotatable bonds is 6. The van der Waals surface area contributed by atoms with Gasteiger partial charge in [0.2, 0.25) is 0 Å². The van der Waals surface area contributed by atoms with E-state index in [-0.39, 0.29) is 0 Å². The van der Waals surface area contributed by atoms with E-state index in [0.717, 1.165) is 95.7 Å². The molecule has 0 aliphatic carbocycles. The van der Waals surface area contributed by atoms with Gasteiger partial charge in [-0.25, -0.2) is 29.9 Å². The summed E-state index contributed by atoms with van der Waals surface area (Å²) in [6, 6.07) is 62.9. The molecule has 0 aliphatic rings. The number of fused-ring (bicyclic) bond motifs is 9. The predicted molar refractivity (Wildman–Crippen MR) is 264 cm³/mol. The fourth-order valence-corrected chi connectivity index (χ4v) is 12.1. The third kappa shape index (κ3) is 5.82. The molecule has 0 amide bonds. The largest absolute Gasteiger partial charge is 0.240 e. The molecule has 294 valence electrons. The lowest BCUT2D eigenvalue weighted by Gasteiger charge is -2.10. The topological polar surface area (TPSA) is 77.3 Å². The van der Waals surface area contributed by atoms with E-state index in [1.54, 1.807) is 34.0 Å². The van der Waals surface area contributed by atoms with Gasteiger partial charge in [0.15, 0.2) is 0 Å². The van der Waals surface area contributed by atoms with Gasteiger partial charge in [0.1, 0.15) is 66.2 Å². The van der Waals surface area contributed by atoms with Crippen molar-refractivity contribution in [2.45, 2.75) is 0 Å². The fourth-order valence-electron chi connectivity index (χ4n) is 8.55. The van der Waals surface area contributed by atoms with Crippen LogP contribution in [-0.4, -0.2) is 29.9 Å². The molecular weight excluding hydrogens is 829 g/mol. The van der Waals surface area contributed by atoms with Crippen LogP contribution in [0.1, 0.15) is 0 Å². The van der Waals surface area contributed by atoms with Gasteiger partial charge in [-0.3, -0.25) is 0 Å². The number of aromatic nitrogens is 6. The van der Waals surface area contributed by atoms with Crippen LogP contribution in [-0.2, 0) is 0 Å². The molecule has 0 spiro atoms. The first kappa shape index (κ1) is 36.1. The lowest BCUT2D eigenvalue weighted by Crippen LogP contribution is -1.99. The Morgan fingerprint density at radius 3 is 0.460 bits per heavy atom. The van der Waals surface area contributed by atoms with Crippen LogP contribution in [0.3, 0.4) is 0 Å². The normalized spacial score (nSPS) is 11.8. The zero-order chi connectivity index (χ0) is 41.4. The summed E-state index contributed by atoms with van der Waals surface area (Å²) >= 11 is 5.14. The van der Waals surface area contributed by atoms with E-state index in [2.05, 4.69) is 146 Å². The van der Waals surface area contributed by atoms with Crippen LogP contribution >= 0.6 is 34.0 Å². The Balaban J connectivity index is 1.24. The molecule has 6 aromatic heterocycles. The summed E-state index contributed by atoms with van der Waals surface area (Å²) in [7, 11) is 0. The summed E-state index contributed by atoms with van der Waals surface area (Å²) in [5, 5.41) is 0. The predicted octanol–water partition coefficient (Wildman–Crippen LogP) is 15.2. The van der Waals surface area contributed by atoms with Crippen LogP contribution in [0.2, 0.25) is 0 Å². The maximum absolute atomic E-state index is 5.65. The molecule has 63 heavy (non-hydrogen) atoms. The molecule has 0 radical (unpaired) electrons. The van der Waals surface area contributed by atoms with Crippen LogP contribution < -0.4 is 0 Å². The van der Waals surface area contributed by atoms with Crippen molar-refractivity contribution in [3.63, 3.8) is 0 Å². The lowest BCUT2D eigenvalue weighted by molar-refractivity contribution is 1.35. The second kappa shape index (κ2) is 14.5. The summed E-state index contributed by atoms with van der Waals surface area (Å²) in [6.07, 6.45) is 0. The van der Waals surface area contributed by atoms with Crippen molar-refractivity contribution in [3.8, 4) is 62.6 Å². The Labute approximate surface area is 372 Å². The van der Waals surface area contributed by atoms with E-state index >= 15 is 0 Å². The smallest absolute Gasteiger partial charge is 0.120 e. The van der Waals surface area contributed by atoms with Gasteiger partial charge in [-0.2, -0.15) is 0 Å². The third-order valence-corrected chi connectivity index (χ3v) is 15.3. The van der Waals surface area contributed by atoms with Gasteiger partial charge in [0, 0.05) is 0 Å². The number of nitrogens with zero attached hydrogens (tertiary/aromatic N) is 6.